The molecule has 0 saturated carbocycles. The number of rotatable bonds is 2. The molecule has 0 saturated heterocycles. The molecule has 1 aliphatic rings. The smallest absolute Gasteiger partial charge is 0.0152 e. The van der Waals surface area contributed by atoms with Crippen LogP contribution in [0.2, 0.25) is 0 Å². The molecule has 0 nitrogen and oxygen atoms in total. The molecule has 0 aromatic heterocycles. The first-order valence-corrected chi connectivity index (χ1v) is 11.2. The molecular weight excluding hydrogens is 348 g/mol. The van der Waals surface area contributed by atoms with Crippen LogP contribution in [0.15, 0.2) is 85.0 Å². The van der Waals surface area contributed by atoms with Crippen molar-refractivity contribution in [1.29, 1.82) is 0 Å². The first kappa shape index (κ1) is 28.9. The third-order valence-electron chi connectivity index (χ3n) is 3.84. The van der Waals surface area contributed by atoms with Gasteiger partial charge in [-0.2, -0.15) is 0 Å². The van der Waals surface area contributed by atoms with Gasteiger partial charge in [-0.05, 0) is 54.5 Å². The molecule has 0 atom stereocenters. The van der Waals surface area contributed by atoms with E-state index in [1.807, 2.05) is 33.8 Å². The van der Waals surface area contributed by atoms with E-state index in [0.717, 1.165) is 0 Å². The van der Waals surface area contributed by atoms with Crippen LogP contribution in [0.5, 0.6) is 0 Å². The molecule has 1 aliphatic carbocycles. The van der Waals surface area contributed by atoms with Crippen molar-refractivity contribution in [2.24, 2.45) is 0 Å². The largest absolute Gasteiger partial charge is 0.0985 e. The van der Waals surface area contributed by atoms with E-state index in [0.29, 0.717) is 0 Å². The van der Waals surface area contributed by atoms with Crippen LogP contribution >= 0.6 is 0 Å². The third-order valence-corrected chi connectivity index (χ3v) is 3.84. The van der Waals surface area contributed by atoms with Crippen molar-refractivity contribution < 1.29 is 0 Å². The Morgan fingerprint density at radius 3 is 1.45 bits per heavy atom. The third kappa shape index (κ3) is 12.7. The highest BCUT2D eigenvalue weighted by molar-refractivity contribution is 5.70. The molecule has 0 unspecified atom stereocenters. The molecule has 0 aliphatic heterocycles. The first-order chi connectivity index (χ1) is 14.1. The Balaban J connectivity index is 0. The Bertz CT molecular complexity index is 658. The summed E-state index contributed by atoms with van der Waals surface area (Å²) in [6.45, 7) is 20.2. The molecule has 29 heavy (non-hydrogen) atoms. The molecule has 0 heteroatoms. The fourth-order valence-corrected chi connectivity index (χ4v) is 2.54. The Labute approximate surface area is 182 Å². The van der Waals surface area contributed by atoms with Crippen molar-refractivity contribution in [3.8, 4) is 11.1 Å². The second-order valence-electron chi connectivity index (χ2n) is 6.22. The number of allylic oxidation sites excluding steroid dienone is 5. The lowest BCUT2D eigenvalue weighted by molar-refractivity contribution is 1.03. The summed E-state index contributed by atoms with van der Waals surface area (Å²) in [4.78, 5) is 0. The van der Waals surface area contributed by atoms with Crippen LogP contribution in [0.4, 0.5) is 0 Å². The number of benzene rings is 2. The van der Waals surface area contributed by atoms with Crippen molar-refractivity contribution in [1.82, 2.24) is 0 Å². The quantitative estimate of drug-likeness (QED) is 0.477. The predicted molar refractivity (Wildman–Crippen MR) is 137 cm³/mol. The summed E-state index contributed by atoms with van der Waals surface area (Å²) in [5, 5.41) is 0. The van der Waals surface area contributed by atoms with E-state index in [1.165, 1.54) is 47.1 Å². The first-order valence-electron chi connectivity index (χ1n) is 11.2. The van der Waals surface area contributed by atoms with Gasteiger partial charge in [-0.25, -0.2) is 0 Å². The molecular formula is C29H44. The van der Waals surface area contributed by atoms with Crippen LogP contribution < -0.4 is 0 Å². The van der Waals surface area contributed by atoms with Crippen LogP contribution in [-0.2, 0) is 0 Å². The average molecular weight is 393 g/mol. The molecule has 0 radical (unpaired) electrons. The van der Waals surface area contributed by atoms with E-state index in [2.05, 4.69) is 101 Å². The summed E-state index contributed by atoms with van der Waals surface area (Å²) in [7, 11) is 0. The Kier molecular flexibility index (Phi) is 20.3. The second kappa shape index (κ2) is 20.4. The maximum absolute atomic E-state index is 3.66. The number of hydrogen-bond acceptors (Lipinski definition) is 0. The fourth-order valence-electron chi connectivity index (χ4n) is 2.54. The van der Waals surface area contributed by atoms with E-state index in [4.69, 9.17) is 0 Å². The number of hydrogen-bond donors (Lipinski definition) is 0. The van der Waals surface area contributed by atoms with Gasteiger partial charge < -0.3 is 0 Å². The zero-order valence-corrected chi connectivity index (χ0v) is 20.3. The minimum atomic E-state index is 1.18. The van der Waals surface area contributed by atoms with Gasteiger partial charge in [0.05, 0.1) is 0 Å². The zero-order chi connectivity index (χ0) is 22.5. The summed E-state index contributed by atoms with van der Waals surface area (Å²) < 4.78 is 0. The summed E-state index contributed by atoms with van der Waals surface area (Å²) in [5.41, 5.74) is 6.61. The van der Waals surface area contributed by atoms with Gasteiger partial charge in [-0.3, -0.25) is 0 Å². The molecule has 2 aromatic carbocycles. The lowest BCUT2D eigenvalue weighted by atomic mass is 9.97. The summed E-state index contributed by atoms with van der Waals surface area (Å²) in [6, 6.07) is 17.0. The molecule has 0 fully saturated rings. The van der Waals surface area contributed by atoms with Crippen molar-refractivity contribution in [3.63, 3.8) is 0 Å². The maximum atomic E-state index is 3.66. The van der Waals surface area contributed by atoms with Gasteiger partial charge in [0.1, 0.15) is 0 Å². The van der Waals surface area contributed by atoms with E-state index in [-0.39, 0.29) is 0 Å². The lowest BCUT2D eigenvalue weighted by Gasteiger charge is -2.08. The summed E-state index contributed by atoms with van der Waals surface area (Å²) in [5.74, 6) is 0. The standard InChI is InChI=1S/C14H14.C8H10.C3H8.2C2H6/c1-11-7-3-5-9-13(11)14-10-6-4-8-12(14)2;1-2-8-6-4-3-5-7-8;1-3-2;2*1-2/h3-10H,1-2H3;2,4,6-7H,1,3,5H2;3H2,1-2H3;2*1-2H3. The molecule has 3 rings (SSSR count). The average Bonchev–Trinajstić information content (AvgIpc) is 2.79. The summed E-state index contributed by atoms with van der Waals surface area (Å²) >= 11 is 0. The van der Waals surface area contributed by atoms with Crippen molar-refractivity contribution in [2.45, 2.75) is 74.7 Å². The minimum Gasteiger partial charge on any atom is -0.0985 e. The van der Waals surface area contributed by atoms with Crippen molar-refractivity contribution >= 4 is 0 Å². The van der Waals surface area contributed by atoms with Gasteiger partial charge in [-0.15, -0.1) is 0 Å². The van der Waals surface area contributed by atoms with E-state index in [9.17, 15) is 0 Å². The SMILES string of the molecule is C=CC1=CCCC=C1.CC.CC.CCC.Cc1ccccc1-c1ccccc1C. The van der Waals surface area contributed by atoms with Crippen LogP contribution in [0, 0.1) is 13.8 Å². The molecule has 2 aromatic rings. The molecule has 0 heterocycles. The Hall–Kier alpha value is -2.34. The topological polar surface area (TPSA) is 0 Å². The van der Waals surface area contributed by atoms with Crippen LogP contribution in [0.25, 0.3) is 11.1 Å². The molecule has 0 N–H and O–H groups in total. The van der Waals surface area contributed by atoms with Crippen molar-refractivity contribution in [2.75, 3.05) is 0 Å². The number of aryl methyl sites for hydroxylation is 2. The second-order valence-corrected chi connectivity index (χ2v) is 6.22. The monoisotopic (exact) mass is 392 g/mol. The van der Waals surface area contributed by atoms with Crippen LogP contribution in [-0.4, -0.2) is 0 Å². The molecule has 0 bridgehead atoms. The highest BCUT2D eigenvalue weighted by Gasteiger charge is 2.02. The Morgan fingerprint density at radius 1 is 0.759 bits per heavy atom. The van der Waals surface area contributed by atoms with Crippen LogP contribution in [0.1, 0.15) is 71.9 Å². The lowest BCUT2D eigenvalue weighted by Crippen LogP contribution is -1.85. The zero-order valence-electron chi connectivity index (χ0n) is 20.3. The summed E-state index contributed by atoms with van der Waals surface area (Å²) in [6.07, 6.45) is 12.0. The van der Waals surface area contributed by atoms with E-state index in [1.54, 1.807) is 0 Å². The predicted octanol–water partition coefficient (Wildman–Crippen LogP) is 9.89. The normalized spacial score (nSPS) is 10.8. The molecule has 0 amide bonds. The fraction of sp³-hybridized carbons (Fsp3) is 0.379. The van der Waals surface area contributed by atoms with Gasteiger partial charge in [0.15, 0.2) is 0 Å². The van der Waals surface area contributed by atoms with Gasteiger partial charge in [0.2, 0.25) is 0 Å². The maximum Gasteiger partial charge on any atom is -0.0152 e. The van der Waals surface area contributed by atoms with Crippen LogP contribution in [0.3, 0.4) is 0 Å². The molecule has 0 spiro atoms. The van der Waals surface area contributed by atoms with E-state index >= 15 is 0 Å². The highest BCUT2D eigenvalue weighted by atomic mass is 14.1. The highest BCUT2D eigenvalue weighted by Crippen LogP contribution is 2.25. The van der Waals surface area contributed by atoms with Gasteiger partial charge >= 0.3 is 0 Å². The molecule has 160 valence electrons. The van der Waals surface area contributed by atoms with Gasteiger partial charge in [0.25, 0.3) is 0 Å². The van der Waals surface area contributed by atoms with Gasteiger partial charge in [0, 0.05) is 0 Å². The van der Waals surface area contributed by atoms with E-state index < -0.39 is 0 Å². The van der Waals surface area contributed by atoms with Gasteiger partial charge in [-0.1, -0.05) is 127 Å². The van der Waals surface area contributed by atoms with Crippen molar-refractivity contribution in [3.05, 3.63) is 96.1 Å². The Morgan fingerprint density at radius 2 is 1.17 bits per heavy atom. The minimum absolute atomic E-state index is 1.18.